The van der Waals surface area contributed by atoms with E-state index in [9.17, 15) is 4.79 Å². The minimum Gasteiger partial charge on any atom is -0.287 e. The summed E-state index contributed by atoms with van der Waals surface area (Å²) in [4.78, 5) is 11.2. The van der Waals surface area contributed by atoms with Gasteiger partial charge in [0.1, 0.15) is 0 Å². The third-order valence-corrected chi connectivity index (χ3v) is 3.16. The summed E-state index contributed by atoms with van der Waals surface area (Å²) < 4.78 is 0. The zero-order chi connectivity index (χ0) is 13.3. The maximum Gasteiger partial charge on any atom is 0.189 e. The van der Waals surface area contributed by atoms with Crippen LogP contribution in [0.25, 0.3) is 0 Å². The van der Waals surface area contributed by atoms with Gasteiger partial charge in [-0.05, 0) is 29.7 Å². The number of hydrogen-bond donors (Lipinski definition) is 0. The molecule has 0 amide bonds. The van der Waals surface area contributed by atoms with Crippen LogP contribution in [0, 0.1) is 0 Å². The summed E-state index contributed by atoms with van der Waals surface area (Å²) in [6, 6.07) is 8.40. The molecule has 1 aromatic carbocycles. The van der Waals surface area contributed by atoms with Gasteiger partial charge in [-0.1, -0.05) is 63.7 Å². The van der Waals surface area contributed by atoms with Crippen LogP contribution in [-0.2, 0) is 11.2 Å². The minimum atomic E-state index is 0.272. The molecule has 0 aliphatic heterocycles. The Bertz CT molecular complexity index is 331. The molecule has 17 heavy (non-hydrogen) atoms. The van der Waals surface area contributed by atoms with E-state index in [-0.39, 0.29) is 5.12 Å². The first kappa shape index (κ1) is 16.2. The Morgan fingerprint density at radius 2 is 1.82 bits per heavy atom. The number of benzene rings is 1. The van der Waals surface area contributed by atoms with Crippen LogP contribution in [0.3, 0.4) is 0 Å². The fourth-order valence-electron chi connectivity index (χ4n) is 1.66. The zero-order valence-electron chi connectivity index (χ0n) is 11.6. The van der Waals surface area contributed by atoms with E-state index in [1.165, 1.54) is 22.9 Å². The molecule has 0 atom stereocenters. The van der Waals surface area contributed by atoms with Gasteiger partial charge in [0.2, 0.25) is 0 Å². The Hall–Kier alpha value is -0.760. The van der Waals surface area contributed by atoms with Crippen molar-refractivity contribution in [2.45, 2.75) is 46.5 Å². The number of carbonyl (C=O) groups excluding carboxylic acids is 1. The third kappa shape index (κ3) is 5.92. The molecule has 0 aromatic heterocycles. The monoisotopic (exact) mass is 252 g/mol. The van der Waals surface area contributed by atoms with Crippen LogP contribution in [0.15, 0.2) is 24.3 Å². The lowest BCUT2D eigenvalue weighted by atomic mass is 9.95. The Morgan fingerprint density at radius 1 is 1.24 bits per heavy atom. The molecule has 0 aliphatic carbocycles. The number of aryl methyl sites for hydroxylation is 1. The van der Waals surface area contributed by atoms with Crippen molar-refractivity contribution in [3.05, 3.63) is 35.4 Å². The van der Waals surface area contributed by atoms with E-state index in [4.69, 9.17) is 0 Å². The number of thioether (sulfide) groups is 1. The van der Waals surface area contributed by atoms with Crippen molar-refractivity contribution in [3.8, 4) is 0 Å². The van der Waals surface area contributed by atoms with Crippen LogP contribution >= 0.6 is 11.8 Å². The number of rotatable bonds is 4. The van der Waals surface area contributed by atoms with E-state index in [0.717, 1.165) is 6.42 Å². The van der Waals surface area contributed by atoms with Crippen molar-refractivity contribution in [3.63, 3.8) is 0 Å². The van der Waals surface area contributed by atoms with E-state index < -0.39 is 0 Å². The van der Waals surface area contributed by atoms with Gasteiger partial charge in [0.15, 0.2) is 5.12 Å². The second kappa shape index (κ2) is 9.29. The third-order valence-electron chi connectivity index (χ3n) is 2.50. The van der Waals surface area contributed by atoms with E-state index in [1.807, 2.05) is 26.2 Å². The number of hydrogen-bond acceptors (Lipinski definition) is 2. The van der Waals surface area contributed by atoms with Gasteiger partial charge in [-0.3, -0.25) is 4.79 Å². The molecule has 2 heteroatoms. The predicted molar refractivity (Wildman–Crippen MR) is 78.7 cm³/mol. The van der Waals surface area contributed by atoms with Gasteiger partial charge in [-0.15, -0.1) is 0 Å². The van der Waals surface area contributed by atoms with Crippen molar-refractivity contribution in [2.75, 3.05) is 6.26 Å². The van der Waals surface area contributed by atoms with Crippen molar-refractivity contribution >= 4 is 16.9 Å². The van der Waals surface area contributed by atoms with Crippen LogP contribution in [0.4, 0.5) is 0 Å². The molecule has 96 valence electrons. The van der Waals surface area contributed by atoms with Gasteiger partial charge in [-0.25, -0.2) is 0 Å². The second-order valence-electron chi connectivity index (χ2n) is 3.93. The fraction of sp³-hybridized carbons (Fsp3) is 0.533. The first-order valence-corrected chi connectivity index (χ1v) is 7.52. The Balaban J connectivity index is 0.00000121. The van der Waals surface area contributed by atoms with Gasteiger partial charge >= 0.3 is 0 Å². The fourth-order valence-corrected chi connectivity index (χ4v) is 1.97. The average Bonchev–Trinajstić information content (AvgIpc) is 2.38. The van der Waals surface area contributed by atoms with Gasteiger partial charge in [0.25, 0.3) is 0 Å². The molecule has 0 heterocycles. The van der Waals surface area contributed by atoms with Gasteiger partial charge in [0.05, 0.1) is 0 Å². The van der Waals surface area contributed by atoms with Crippen LogP contribution < -0.4 is 0 Å². The predicted octanol–water partition coefficient (Wildman–Crippen LogP) is 4.66. The molecule has 0 unspecified atom stereocenters. The van der Waals surface area contributed by atoms with Crippen LogP contribution in [-0.4, -0.2) is 11.4 Å². The first-order valence-electron chi connectivity index (χ1n) is 6.29. The molecular formula is C15H24OS. The summed E-state index contributed by atoms with van der Waals surface area (Å²) in [5.41, 5.74) is 2.68. The van der Waals surface area contributed by atoms with Gasteiger partial charge in [0, 0.05) is 6.42 Å². The summed E-state index contributed by atoms with van der Waals surface area (Å²) in [6.45, 7) is 8.38. The summed E-state index contributed by atoms with van der Waals surface area (Å²) in [5.74, 6) is 0.533. The summed E-state index contributed by atoms with van der Waals surface area (Å²) in [6.07, 6.45) is 3.36. The first-order chi connectivity index (χ1) is 8.15. The van der Waals surface area contributed by atoms with Crippen molar-refractivity contribution < 1.29 is 4.79 Å². The van der Waals surface area contributed by atoms with E-state index in [2.05, 4.69) is 32.0 Å². The molecule has 0 bridgehead atoms. The topological polar surface area (TPSA) is 17.1 Å². The molecule has 0 N–H and O–H groups in total. The quantitative estimate of drug-likeness (QED) is 0.775. The average molecular weight is 252 g/mol. The molecule has 0 saturated heterocycles. The van der Waals surface area contributed by atoms with Gasteiger partial charge in [-0.2, -0.15) is 0 Å². The highest BCUT2D eigenvalue weighted by molar-refractivity contribution is 8.13. The smallest absolute Gasteiger partial charge is 0.189 e. The summed E-state index contributed by atoms with van der Waals surface area (Å²) >= 11 is 1.32. The van der Waals surface area contributed by atoms with E-state index in [1.54, 1.807) is 0 Å². The van der Waals surface area contributed by atoms with Crippen molar-refractivity contribution in [2.24, 2.45) is 0 Å². The molecule has 1 aromatic rings. The van der Waals surface area contributed by atoms with Crippen molar-refractivity contribution in [1.29, 1.82) is 0 Å². The molecule has 0 aliphatic rings. The summed E-state index contributed by atoms with van der Waals surface area (Å²) in [5, 5.41) is 0.272. The minimum absolute atomic E-state index is 0.272. The molecular weight excluding hydrogens is 228 g/mol. The maximum atomic E-state index is 11.2. The largest absolute Gasteiger partial charge is 0.287 e. The molecule has 1 rings (SSSR count). The Kier molecular flexibility index (Phi) is 8.87. The SMILES string of the molecule is CC.CSC(=O)CCc1ccccc1C(C)C. The standard InChI is InChI=1S/C13H18OS.C2H6/c1-10(2)12-7-5-4-6-11(12)8-9-13(14)15-3;1-2/h4-7,10H,8-9H2,1-3H3;1-2H3. The summed E-state index contributed by atoms with van der Waals surface area (Å²) in [7, 11) is 0. The highest BCUT2D eigenvalue weighted by atomic mass is 32.2. The van der Waals surface area contributed by atoms with Crippen LogP contribution in [0.1, 0.15) is 51.2 Å². The normalized spacial score (nSPS) is 9.76. The highest BCUT2D eigenvalue weighted by Gasteiger charge is 2.07. The van der Waals surface area contributed by atoms with Crippen LogP contribution in [0.5, 0.6) is 0 Å². The maximum absolute atomic E-state index is 11.2. The highest BCUT2D eigenvalue weighted by Crippen LogP contribution is 2.20. The molecule has 0 radical (unpaired) electrons. The Morgan fingerprint density at radius 3 is 2.35 bits per heavy atom. The second-order valence-corrected chi connectivity index (χ2v) is 4.79. The van der Waals surface area contributed by atoms with Crippen molar-refractivity contribution in [1.82, 2.24) is 0 Å². The molecule has 1 nitrogen and oxygen atoms in total. The van der Waals surface area contributed by atoms with E-state index >= 15 is 0 Å². The Labute approximate surface area is 110 Å². The molecule has 0 fully saturated rings. The van der Waals surface area contributed by atoms with Crippen LogP contribution in [0.2, 0.25) is 0 Å². The lowest BCUT2D eigenvalue weighted by Crippen LogP contribution is -1.99. The zero-order valence-corrected chi connectivity index (χ0v) is 12.4. The number of carbonyl (C=O) groups is 1. The van der Waals surface area contributed by atoms with Gasteiger partial charge < -0.3 is 0 Å². The lowest BCUT2D eigenvalue weighted by molar-refractivity contribution is -0.110. The molecule has 0 spiro atoms. The lowest BCUT2D eigenvalue weighted by Gasteiger charge is -2.11. The van der Waals surface area contributed by atoms with E-state index in [0.29, 0.717) is 12.3 Å². The molecule has 0 saturated carbocycles.